The van der Waals surface area contributed by atoms with Gasteiger partial charge in [0.05, 0.1) is 11.8 Å². The Morgan fingerprint density at radius 3 is 2.82 bits per heavy atom. The number of benzene rings is 1. The zero-order chi connectivity index (χ0) is 15.4. The number of likely N-dealkylation sites (tertiary alicyclic amines) is 1. The van der Waals surface area contributed by atoms with Gasteiger partial charge in [-0.3, -0.25) is 4.90 Å². The highest BCUT2D eigenvalue weighted by atomic mass is 16.5. The molecule has 1 aromatic carbocycles. The van der Waals surface area contributed by atoms with Crippen molar-refractivity contribution in [1.29, 1.82) is 0 Å². The SMILES string of the molecule is CO[C@@H]1CCN(Cc2cc(C)on2)C[C@H]1Cc1ccccc1. The summed E-state index contributed by atoms with van der Waals surface area (Å²) in [6.45, 7) is 4.89. The molecule has 0 N–H and O–H groups in total. The van der Waals surface area contributed by atoms with Crippen LogP contribution in [0.25, 0.3) is 0 Å². The van der Waals surface area contributed by atoms with Crippen LogP contribution in [0.4, 0.5) is 0 Å². The van der Waals surface area contributed by atoms with Crippen molar-refractivity contribution in [3.8, 4) is 0 Å². The summed E-state index contributed by atoms with van der Waals surface area (Å²) in [5.41, 5.74) is 2.40. The van der Waals surface area contributed by atoms with Crippen molar-refractivity contribution < 1.29 is 9.26 Å². The molecule has 2 atom stereocenters. The second-order valence-electron chi connectivity index (χ2n) is 6.18. The van der Waals surface area contributed by atoms with Gasteiger partial charge in [-0.05, 0) is 25.3 Å². The van der Waals surface area contributed by atoms with E-state index in [-0.39, 0.29) is 0 Å². The van der Waals surface area contributed by atoms with Gasteiger partial charge in [0.1, 0.15) is 5.76 Å². The molecule has 0 saturated carbocycles. The molecule has 1 saturated heterocycles. The summed E-state index contributed by atoms with van der Waals surface area (Å²) in [4.78, 5) is 2.46. The molecule has 0 amide bonds. The molecule has 3 rings (SSSR count). The molecule has 0 bridgehead atoms. The fraction of sp³-hybridized carbons (Fsp3) is 0.500. The van der Waals surface area contributed by atoms with Crippen LogP contribution in [0.5, 0.6) is 0 Å². The van der Waals surface area contributed by atoms with E-state index in [9.17, 15) is 0 Å². The Labute approximate surface area is 132 Å². The van der Waals surface area contributed by atoms with E-state index < -0.39 is 0 Å². The summed E-state index contributed by atoms with van der Waals surface area (Å²) in [6.07, 6.45) is 2.48. The highest BCUT2D eigenvalue weighted by molar-refractivity contribution is 5.16. The van der Waals surface area contributed by atoms with Gasteiger partial charge >= 0.3 is 0 Å². The average Bonchev–Trinajstić information content (AvgIpc) is 2.94. The fourth-order valence-corrected chi connectivity index (χ4v) is 3.37. The van der Waals surface area contributed by atoms with Gasteiger partial charge in [-0.15, -0.1) is 0 Å². The minimum Gasteiger partial charge on any atom is -0.381 e. The smallest absolute Gasteiger partial charge is 0.133 e. The second kappa shape index (κ2) is 7.07. The Hall–Kier alpha value is -1.65. The van der Waals surface area contributed by atoms with Crippen LogP contribution in [0.1, 0.15) is 23.4 Å². The van der Waals surface area contributed by atoms with Crippen molar-refractivity contribution in [1.82, 2.24) is 10.1 Å². The van der Waals surface area contributed by atoms with E-state index >= 15 is 0 Å². The van der Waals surface area contributed by atoms with Crippen LogP contribution in [0.15, 0.2) is 40.9 Å². The second-order valence-corrected chi connectivity index (χ2v) is 6.18. The molecule has 1 aromatic heterocycles. The summed E-state index contributed by atoms with van der Waals surface area (Å²) >= 11 is 0. The van der Waals surface area contributed by atoms with E-state index in [0.717, 1.165) is 43.9 Å². The molecular weight excluding hydrogens is 276 g/mol. The molecule has 1 aliphatic heterocycles. The van der Waals surface area contributed by atoms with Crippen molar-refractivity contribution in [2.45, 2.75) is 32.4 Å². The van der Waals surface area contributed by atoms with E-state index in [4.69, 9.17) is 9.26 Å². The van der Waals surface area contributed by atoms with Crippen LogP contribution in [-0.2, 0) is 17.7 Å². The molecule has 4 nitrogen and oxygen atoms in total. The van der Waals surface area contributed by atoms with Crippen molar-refractivity contribution >= 4 is 0 Å². The number of hydrogen-bond donors (Lipinski definition) is 0. The first kappa shape index (κ1) is 15.3. The van der Waals surface area contributed by atoms with Crippen LogP contribution >= 0.6 is 0 Å². The summed E-state index contributed by atoms with van der Waals surface area (Å²) in [6, 6.07) is 12.7. The lowest BCUT2D eigenvalue weighted by atomic mass is 9.88. The monoisotopic (exact) mass is 300 g/mol. The molecule has 1 fully saturated rings. The number of piperidine rings is 1. The molecular formula is C18H24N2O2. The predicted molar refractivity (Wildman–Crippen MR) is 85.6 cm³/mol. The molecule has 0 aliphatic carbocycles. The first-order chi connectivity index (χ1) is 10.7. The zero-order valence-electron chi connectivity index (χ0n) is 13.4. The van der Waals surface area contributed by atoms with Gasteiger partial charge in [-0.1, -0.05) is 35.5 Å². The van der Waals surface area contributed by atoms with E-state index in [2.05, 4.69) is 40.4 Å². The predicted octanol–water partition coefficient (Wildman–Crippen LogP) is 3.06. The van der Waals surface area contributed by atoms with Crippen molar-refractivity contribution in [2.24, 2.45) is 5.92 Å². The summed E-state index contributed by atoms with van der Waals surface area (Å²) < 4.78 is 10.9. The molecule has 4 heteroatoms. The highest BCUT2D eigenvalue weighted by Crippen LogP contribution is 2.24. The Morgan fingerprint density at radius 1 is 1.32 bits per heavy atom. The van der Waals surface area contributed by atoms with Gasteiger partial charge in [-0.25, -0.2) is 0 Å². The third-order valence-corrected chi connectivity index (χ3v) is 4.45. The summed E-state index contributed by atoms with van der Waals surface area (Å²) in [7, 11) is 1.83. The number of aromatic nitrogens is 1. The highest BCUT2D eigenvalue weighted by Gasteiger charge is 2.29. The van der Waals surface area contributed by atoms with Crippen LogP contribution in [0, 0.1) is 12.8 Å². The normalized spacial score (nSPS) is 22.8. The molecule has 0 unspecified atom stereocenters. The maximum absolute atomic E-state index is 5.72. The van der Waals surface area contributed by atoms with Crippen LogP contribution < -0.4 is 0 Å². The lowest BCUT2D eigenvalue weighted by molar-refractivity contribution is -0.00896. The zero-order valence-corrected chi connectivity index (χ0v) is 13.4. The Morgan fingerprint density at radius 2 is 2.14 bits per heavy atom. The van der Waals surface area contributed by atoms with Crippen molar-refractivity contribution in [3.05, 3.63) is 53.4 Å². The molecule has 22 heavy (non-hydrogen) atoms. The lowest BCUT2D eigenvalue weighted by Crippen LogP contribution is -2.44. The Balaban J connectivity index is 1.64. The van der Waals surface area contributed by atoms with Crippen LogP contribution in [0.3, 0.4) is 0 Å². The van der Waals surface area contributed by atoms with Gasteiger partial charge in [0.25, 0.3) is 0 Å². The average molecular weight is 300 g/mol. The van der Waals surface area contributed by atoms with Gasteiger partial charge in [0, 0.05) is 38.7 Å². The van der Waals surface area contributed by atoms with Gasteiger partial charge < -0.3 is 9.26 Å². The fourth-order valence-electron chi connectivity index (χ4n) is 3.37. The van der Waals surface area contributed by atoms with Gasteiger partial charge in [-0.2, -0.15) is 0 Å². The Bertz CT molecular complexity index is 582. The maximum Gasteiger partial charge on any atom is 0.133 e. The minimum absolute atomic E-state index is 0.343. The largest absolute Gasteiger partial charge is 0.381 e. The lowest BCUT2D eigenvalue weighted by Gasteiger charge is -2.37. The van der Waals surface area contributed by atoms with Crippen molar-refractivity contribution in [2.75, 3.05) is 20.2 Å². The quantitative estimate of drug-likeness (QED) is 0.850. The Kier molecular flexibility index (Phi) is 4.90. The number of methoxy groups -OCH3 is 1. The van der Waals surface area contributed by atoms with E-state index in [1.165, 1.54) is 5.56 Å². The van der Waals surface area contributed by atoms with Gasteiger partial charge in [0.15, 0.2) is 0 Å². The summed E-state index contributed by atoms with van der Waals surface area (Å²) in [5, 5.41) is 4.11. The number of ether oxygens (including phenoxy) is 1. The van der Waals surface area contributed by atoms with Crippen molar-refractivity contribution in [3.63, 3.8) is 0 Å². The number of nitrogens with zero attached hydrogens (tertiary/aromatic N) is 2. The minimum atomic E-state index is 0.343. The van der Waals surface area contributed by atoms with Gasteiger partial charge in [0.2, 0.25) is 0 Å². The molecule has 1 aliphatic rings. The molecule has 2 heterocycles. The van der Waals surface area contributed by atoms with E-state index in [1.54, 1.807) is 0 Å². The standard InChI is InChI=1S/C18H24N2O2/c1-14-10-17(19-22-14)13-20-9-8-18(21-2)16(12-20)11-15-6-4-3-5-7-15/h3-7,10,16,18H,8-9,11-13H2,1-2H3/t16-,18-/m1/s1. The third-order valence-electron chi connectivity index (χ3n) is 4.45. The molecule has 2 aromatic rings. The van der Waals surface area contributed by atoms with E-state index in [1.807, 2.05) is 20.1 Å². The third kappa shape index (κ3) is 3.76. The first-order valence-corrected chi connectivity index (χ1v) is 7.96. The number of rotatable bonds is 5. The molecule has 0 spiro atoms. The maximum atomic E-state index is 5.72. The summed E-state index contributed by atoms with van der Waals surface area (Å²) in [5.74, 6) is 1.40. The van der Waals surface area contributed by atoms with Crippen LogP contribution in [0.2, 0.25) is 0 Å². The number of aryl methyl sites for hydroxylation is 1. The molecule has 0 radical (unpaired) electrons. The topological polar surface area (TPSA) is 38.5 Å². The van der Waals surface area contributed by atoms with Crippen LogP contribution in [-0.4, -0.2) is 36.4 Å². The first-order valence-electron chi connectivity index (χ1n) is 7.96. The molecule has 118 valence electrons. The van der Waals surface area contributed by atoms with E-state index in [0.29, 0.717) is 12.0 Å². The number of hydrogen-bond acceptors (Lipinski definition) is 4.